The summed E-state index contributed by atoms with van der Waals surface area (Å²) in [6.07, 6.45) is 7.49. The molecule has 4 aromatic rings. The number of pyridine rings is 1. The number of aromatic nitrogens is 4. The van der Waals surface area contributed by atoms with E-state index in [1.54, 1.807) is 6.20 Å². The summed E-state index contributed by atoms with van der Waals surface area (Å²) in [7, 11) is 0. The fourth-order valence-corrected chi connectivity index (χ4v) is 5.70. The molecule has 7 rings (SSSR count). The van der Waals surface area contributed by atoms with Gasteiger partial charge in [-0.25, -0.2) is 4.98 Å². The van der Waals surface area contributed by atoms with Crippen molar-refractivity contribution >= 4 is 11.0 Å². The van der Waals surface area contributed by atoms with Crippen LogP contribution in [-0.2, 0) is 10.3 Å². The van der Waals surface area contributed by atoms with Gasteiger partial charge >= 0.3 is 0 Å². The summed E-state index contributed by atoms with van der Waals surface area (Å²) in [4.78, 5) is 13.2. The maximum atomic E-state index is 12.7. The zero-order chi connectivity index (χ0) is 23.1. The third kappa shape index (κ3) is 3.00. The second-order valence-electron chi connectivity index (χ2n) is 10.3. The summed E-state index contributed by atoms with van der Waals surface area (Å²) < 4.78 is 12.1. The van der Waals surface area contributed by atoms with Gasteiger partial charge in [0.2, 0.25) is 0 Å². The molecule has 2 N–H and O–H groups in total. The van der Waals surface area contributed by atoms with Gasteiger partial charge in [-0.3, -0.25) is 4.98 Å². The molecule has 3 aromatic heterocycles. The van der Waals surface area contributed by atoms with Crippen LogP contribution in [0.5, 0.6) is 0 Å². The number of rotatable bonds is 5. The molecule has 2 aliphatic carbocycles. The highest BCUT2D eigenvalue weighted by Gasteiger charge is 2.57. The molecule has 2 saturated carbocycles. The van der Waals surface area contributed by atoms with Gasteiger partial charge in [0.25, 0.3) is 0 Å². The molecule has 7 nitrogen and oxygen atoms in total. The second-order valence-corrected chi connectivity index (χ2v) is 10.3. The van der Waals surface area contributed by atoms with Crippen molar-refractivity contribution < 1.29 is 14.4 Å². The normalized spacial score (nSPS) is 23.0. The summed E-state index contributed by atoms with van der Waals surface area (Å²) >= 11 is 0. The van der Waals surface area contributed by atoms with Crippen LogP contribution in [0.15, 0.2) is 41.1 Å². The van der Waals surface area contributed by atoms with E-state index in [-0.39, 0.29) is 5.60 Å². The van der Waals surface area contributed by atoms with Crippen molar-refractivity contribution in [3.05, 3.63) is 65.1 Å². The van der Waals surface area contributed by atoms with Crippen LogP contribution in [0.3, 0.4) is 0 Å². The first-order valence-electron chi connectivity index (χ1n) is 12.3. The molecule has 4 heterocycles. The lowest BCUT2D eigenvalue weighted by atomic mass is 9.81. The van der Waals surface area contributed by atoms with Crippen LogP contribution in [0.4, 0.5) is 0 Å². The maximum absolute atomic E-state index is 12.7. The van der Waals surface area contributed by atoms with E-state index in [1.165, 1.54) is 0 Å². The van der Waals surface area contributed by atoms with Crippen molar-refractivity contribution in [1.29, 1.82) is 0 Å². The zero-order valence-corrected chi connectivity index (χ0v) is 19.5. The minimum Gasteiger partial charge on any atom is -0.376 e. The van der Waals surface area contributed by atoms with Crippen LogP contribution in [0, 0.1) is 13.8 Å². The minimum atomic E-state index is -1.43. The van der Waals surface area contributed by atoms with Crippen LogP contribution < -0.4 is 0 Å². The van der Waals surface area contributed by atoms with E-state index in [2.05, 4.69) is 21.2 Å². The Morgan fingerprint density at radius 3 is 2.62 bits per heavy atom. The molecule has 1 spiro atoms. The lowest BCUT2D eigenvalue weighted by molar-refractivity contribution is -0.0934. The molecule has 1 aliphatic heterocycles. The molecule has 0 radical (unpaired) electrons. The standard InChI is InChI=1S/C27H28N4O3/c1-15-23(16(2)34-31-15)18-13-19(24-20(14-18)29-25(30-24)17-6-7-17)27(32,21-5-3-4-12-28-21)22-8-9-26(33-22)10-11-26/h3-5,12-14,17,22,32H,6-11H2,1-2H3,(H,29,30). The lowest BCUT2D eigenvalue weighted by Crippen LogP contribution is -2.42. The highest BCUT2D eigenvalue weighted by molar-refractivity contribution is 5.87. The van der Waals surface area contributed by atoms with E-state index in [0.29, 0.717) is 11.6 Å². The van der Waals surface area contributed by atoms with Crippen LogP contribution >= 0.6 is 0 Å². The van der Waals surface area contributed by atoms with E-state index >= 15 is 0 Å². The molecular formula is C27H28N4O3. The van der Waals surface area contributed by atoms with Gasteiger partial charge in [-0.1, -0.05) is 11.2 Å². The molecule has 1 aromatic carbocycles. The van der Waals surface area contributed by atoms with Gasteiger partial charge in [0.1, 0.15) is 11.6 Å². The SMILES string of the molecule is Cc1noc(C)c1-c1cc(C(O)(c2ccccn2)C2CCC3(CC3)O2)c2nc(C3CC3)[nH]c2c1. The Balaban J connectivity index is 1.50. The highest BCUT2D eigenvalue weighted by atomic mass is 16.5. The number of hydrogen-bond donors (Lipinski definition) is 2. The first-order chi connectivity index (χ1) is 16.5. The lowest BCUT2D eigenvalue weighted by Gasteiger charge is -2.34. The summed E-state index contributed by atoms with van der Waals surface area (Å²) in [6.45, 7) is 3.86. The number of hydrogen-bond acceptors (Lipinski definition) is 6. The predicted molar refractivity (Wildman–Crippen MR) is 126 cm³/mol. The van der Waals surface area contributed by atoms with Crippen molar-refractivity contribution in [3.63, 3.8) is 0 Å². The van der Waals surface area contributed by atoms with E-state index in [4.69, 9.17) is 14.2 Å². The largest absolute Gasteiger partial charge is 0.376 e. The molecule has 2 atom stereocenters. The number of ether oxygens (including phenoxy) is 1. The Labute approximate surface area is 197 Å². The fraction of sp³-hybridized carbons (Fsp3) is 0.444. The van der Waals surface area contributed by atoms with E-state index < -0.39 is 11.7 Å². The molecule has 3 fully saturated rings. The number of nitrogens with zero attached hydrogens (tertiary/aromatic N) is 3. The Hall–Kier alpha value is -3.03. The topological polar surface area (TPSA) is 97.1 Å². The molecule has 7 heteroatoms. The first kappa shape index (κ1) is 20.4. The van der Waals surface area contributed by atoms with Crippen molar-refractivity contribution in [3.8, 4) is 11.1 Å². The van der Waals surface area contributed by atoms with Gasteiger partial charge in [0.15, 0.2) is 5.60 Å². The molecule has 34 heavy (non-hydrogen) atoms. The third-order valence-corrected chi connectivity index (χ3v) is 7.89. The van der Waals surface area contributed by atoms with Crippen molar-refractivity contribution in [2.45, 2.75) is 75.6 Å². The summed E-state index contributed by atoms with van der Waals surface area (Å²) in [5, 5.41) is 16.8. The fourth-order valence-electron chi connectivity index (χ4n) is 5.70. The Morgan fingerprint density at radius 1 is 1.12 bits per heavy atom. The number of imidazole rings is 1. The first-order valence-corrected chi connectivity index (χ1v) is 12.3. The van der Waals surface area contributed by atoms with Gasteiger partial charge in [0, 0.05) is 23.2 Å². The third-order valence-electron chi connectivity index (χ3n) is 7.89. The van der Waals surface area contributed by atoms with Crippen LogP contribution in [0.25, 0.3) is 22.2 Å². The van der Waals surface area contributed by atoms with Crippen LogP contribution in [-0.4, -0.2) is 36.9 Å². The van der Waals surface area contributed by atoms with Crippen molar-refractivity contribution in [2.24, 2.45) is 0 Å². The van der Waals surface area contributed by atoms with Gasteiger partial charge in [-0.05, 0) is 82.2 Å². The Kier molecular flexibility index (Phi) is 4.19. The molecule has 174 valence electrons. The van der Waals surface area contributed by atoms with Gasteiger partial charge in [-0.15, -0.1) is 0 Å². The number of aryl methyl sites for hydroxylation is 2. The average molecular weight is 457 g/mol. The highest BCUT2D eigenvalue weighted by Crippen LogP contribution is 2.54. The smallest absolute Gasteiger partial charge is 0.160 e. The number of aromatic amines is 1. The Morgan fingerprint density at radius 2 is 1.97 bits per heavy atom. The monoisotopic (exact) mass is 456 g/mol. The van der Waals surface area contributed by atoms with E-state index in [0.717, 1.165) is 83.5 Å². The van der Waals surface area contributed by atoms with Gasteiger partial charge < -0.3 is 19.4 Å². The Bertz CT molecular complexity index is 1380. The number of fused-ring (bicyclic) bond motifs is 1. The minimum absolute atomic E-state index is 0.0729. The quantitative estimate of drug-likeness (QED) is 0.436. The molecule has 0 bridgehead atoms. The zero-order valence-electron chi connectivity index (χ0n) is 19.5. The molecular weight excluding hydrogens is 428 g/mol. The van der Waals surface area contributed by atoms with E-state index in [9.17, 15) is 5.11 Å². The molecule has 0 amide bonds. The van der Waals surface area contributed by atoms with Gasteiger partial charge in [0.05, 0.1) is 34.1 Å². The number of H-pyrrole nitrogens is 1. The van der Waals surface area contributed by atoms with E-state index in [1.807, 2.05) is 38.1 Å². The number of aliphatic hydroxyl groups is 1. The summed E-state index contributed by atoms with van der Waals surface area (Å²) in [6, 6.07) is 9.83. The summed E-state index contributed by atoms with van der Waals surface area (Å²) in [5.41, 5.74) is 4.20. The second kappa shape index (κ2) is 6.99. The van der Waals surface area contributed by atoms with Crippen molar-refractivity contribution in [1.82, 2.24) is 20.1 Å². The molecule has 2 unspecified atom stereocenters. The predicted octanol–water partition coefficient (Wildman–Crippen LogP) is 5.05. The number of nitrogens with one attached hydrogen (secondary N) is 1. The van der Waals surface area contributed by atoms with Crippen LogP contribution in [0.1, 0.15) is 73.0 Å². The number of benzene rings is 1. The van der Waals surface area contributed by atoms with Gasteiger partial charge in [-0.2, -0.15) is 0 Å². The van der Waals surface area contributed by atoms with Crippen molar-refractivity contribution in [2.75, 3.05) is 0 Å². The average Bonchev–Trinajstić information content (AvgIpc) is 3.71. The molecule has 1 saturated heterocycles. The molecule has 3 aliphatic rings. The van der Waals surface area contributed by atoms with Crippen LogP contribution in [0.2, 0.25) is 0 Å². The summed E-state index contributed by atoms with van der Waals surface area (Å²) in [5.74, 6) is 2.20. The maximum Gasteiger partial charge on any atom is 0.160 e.